The van der Waals surface area contributed by atoms with Crippen molar-refractivity contribution in [2.75, 3.05) is 0 Å². The molecule has 1 aromatic heterocycles. The van der Waals surface area contributed by atoms with E-state index < -0.39 is 0 Å². The highest BCUT2D eigenvalue weighted by Crippen LogP contribution is 2.13. The SMILES string of the molecule is Cc1c(CN)cnn1Cc1ccc(Br)cc1. The molecular formula is C12H14BrN3. The fourth-order valence-corrected chi connectivity index (χ4v) is 1.87. The number of benzene rings is 1. The lowest BCUT2D eigenvalue weighted by Gasteiger charge is -2.05. The molecule has 0 aliphatic heterocycles. The van der Waals surface area contributed by atoms with Crippen molar-refractivity contribution in [2.45, 2.75) is 20.0 Å². The van der Waals surface area contributed by atoms with E-state index in [-0.39, 0.29) is 0 Å². The Morgan fingerprint density at radius 2 is 2.00 bits per heavy atom. The van der Waals surface area contributed by atoms with E-state index in [2.05, 4.69) is 33.2 Å². The minimum atomic E-state index is 0.548. The summed E-state index contributed by atoms with van der Waals surface area (Å²) in [5.41, 5.74) is 9.10. The van der Waals surface area contributed by atoms with Crippen molar-refractivity contribution in [2.24, 2.45) is 5.73 Å². The summed E-state index contributed by atoms with van der Waals surface area (Å²) in [6.45, 7) is 3.39. The van der Waals surface area contributed by atoms with E-state index in [1.165, 1.54) is 5.56 Å². The highest BCUT2D eigenvalue weighted by atomic mass is 79.9. The van der Waals surface area contributed by atoms with Gasteiger partial charge in [0.05, 0.1) is 12.7 Å². The zero-order chi connectivity index (χ0) is 11.5. The van der Waals surface area contributed by atoms with Gasteiger partial charge in [-0.05, 0) is 24.6 Å². The van der Waals surface area contributed by atoms with Crippen molar-refractivity contribution < 1.29 is 0 Å². The number of halogens is 1. The number of aromatic nitrogens is 2. The molecule has 2 N–H and O–H groups in total. The lowest BCUT2D eigenvalue weighted by molar-refractivity contribution is 0.663. The molecule has 3 nitrogen and oxygen atoms in total. The summed E-state index contributed by atoms with van der Waals surface area (Å²) in [6.07, 6.45) is 1.84. The van der Waals surface area contributed by atoms with E-state index in [1.54, 1.807) is 0 Å². The number of nitrogens with two attached hydrogens (primary N) is 1. The second-order valence-electron chi connectivity index (χ2n) is 3.74. The summed E-state index contributed by atoms with van der Waals surface area (Å²) in [4.78, 5) is 0. The largest absolute Gasteiger partial charge is 0.326 e. The molecule has 0 saturated heterocycles. The van der Waals surface area contributed by atoms with Crippen LogP contribution in [0, 0.1) is 6.92 Å². The molecule has 16 heavy (non-hydrogen) atoms. The predicted octanol–water partition coefficient (Wildman–Crippen LogP) is 2.46. The van der Waals surface area contributed by atoms with E-state index in [1.807, 2.05) is 29.9 Å². The molecule has 0 fully saturated rings. The van der Waals surface area contributed by atoms with E-state index in [0.29, 0.717) is 6.54 Å². The molecule has 1 aromatic carbocycles. The number of hydrogen-bond acceptors (Lipinski definition) is 2. The van der Waals surface area contributed by atoms with Crippen LogP contribution >= 0.6 is 15.9 Å². The maximum atomic E-state index is 5.62. The Labute approximate surface area is 103 Å². The van der Waals surface area contributed by atoms with Crippen molar-refractivity contribution in [3.05, 3.63) is 51.8 Å². The first-order valence-corrected chi connectivity index (χ1v) is 5.96. The summed E-state index contributed by atoms with van der Waals surface area (Å²) < 4.78 is 3.07. The van der Waals surface area contributed by atoms with Crippen molar-refractivity contribution in [3.63, 3.8) is 0 Å². The van der Waals surface area contributed by atoms with Gasteiger partial charge in [0, 0.05) is 22.3 Å². The Hall–Kier alpha value is -1.13. The van der Waals surface area contributed by atoms with Crippen molar-refractivity contribution in [1.82, 2.24) is 9.78 Å². The van der Waals surface area contributed by atoms with Crippen LogP contribution in [0.5, 0.6) is 0 Å². The van der Waals surface area contributed by atoms with Gasteiger partial charge in [0.2, 0.25) is 0 Å². The Morgan fingerprint density at radius 3 is 2.56 bits per heavy atom. The van der Waals surface area contributed by atoms with Gasteiger partial charge in [0.1, 0.15) is 0 Å². The maximum Gasteiger partial charge on any atom is 0.0662 e. The molecule has 0 radical (unpaired) electrons. The number of rotatable bonds is 3. The van der Waals surface area contributed by atoms with E-state index >= 15 is 0 Å². The molecular weight excluding hydrogens is 266 g/mol. The molecule has 0 saturated carbocycles. The quantitative estimate of drug-likeness (QED) is 0.938. The monoisotopic (exact) mass is 279 g/mol. The molecule has 0 amide bonds. The van der Waals surface area contributed by atoms with Crippen LogP contribution in [-0.4, -0.2) is 9.78 Å². The first-order valence-electron chi connectivity index (χ1n) is 5.16. The van der Waals surface area contributed by atoms with Gasteiger partial charge in [0.15, 0.2) is 0 Å². The summed E-state index contributed by atoms with van der Waals surface area (Å²) in [5.74, 6) is 0. The molecule has 0 atom stereocenters. The van der Waals surface area contributed by atoms with Gasteiger partial charge in [-0.25, -0.2) is 0 Å². The standard InChI is InChI=1S/C12H14BrN3/c1-9-11(6-14)7-15-16(9)8-10-2-4-12(13)5-3-10/h2-5,7H,6,8,14H2,1H3. The maximum absolute atomic E-state index is 5.62. The van der Waals surface area contributed by atoms with Gasteiger partial charge < -0.3 is 5.73 Å². The van der Waals surface area contributed by atoms with Gasteiger partial charge in [-0.3, -0.25) is 4.68 Å². The normalized spacial score (nSPS) is 10.7. The Bertz CT molecular complexity index is 474. The van der Waals surface area contributed by atoms with Crippen LogP contribution in [0.2, 0.25) is 0 Å². The van der Waals surface area contributed by atoms with Gasteiger partial charge in [-0.1, -0.05) is 28.1 Å². The van der Waals surface area contributed by atoms with Crippen LogP contribution < -0.4 is 5.73 Å². The highest BCUT2D eigenvalue weighted by Gasteiger charge is 2.04. The van der Waals surface area contributed by atoms with Gasteiger partial charge in [-0.15, -0.1) is 0 Å². The number of hydrogen-bond donors (Lipinski definition) is 1. The second-order valence-corrected chi connectivity index (χ2v) is 4.66. The summed E-state index contributed by atoms with van der Waals surface area (Å²) in [7, 11) is 0. The molecule has 0 spiro atoms. The van der Waals surface area contributed by atoms with Crippen molar-refractivity contribution in [3.8, 4) is 0 Å². The van der Waals surface area contributed by atoms with E-state index in [9.17, 15) is 0 Å². The van der Waals surface area contributed by atoms with Crippen LogP contribution in [0.3, 0.4) is 0 Å². The molecule has 2 rings (SSSR count). The molecule has 0 aliphatic rings. The molecule has 0 aliphatic carbocycles. The molecule has 0 bridgehead atoms. The fraction of sp³-hybridized carbons (Fsp3) is 0.250. The third-order valence-corrected chi connectivity index (χ3v) is 3.20. The van der Waals surface area contributed by atoms with Crippen LogP contribution in [0.25, 0.3) is 0 Å². The molecule has 84 valence electrons. The third-order valence-electron chi connectivity index (χ3n) is 2.67. The molecule has 2 aromatic rings. The minimum absolute atomic E-state index is 0.548. The summed E-state index contributed by atoms with van der Waals surface area (Å²) in [5, 5.41) is 4.33. The van der Waals surface area contributed by atoms with Gasteiger partial charge in [-0.2, -0.15) is 5.10 Å². The lowest BCUT2D eigenvalue weighted by Crippen LogP contribution is -2.05. The smallest absolute Gasteiger partial charge is 0.0662 e. The number of nitrogens with zero attached hydrogens (tertiary/aromatic N) is 2. The van der Waals surface area contributed by atoms with Gasteiger partial charge >= 0.3 is 0 Å². The highest BCUT2D eigenvalue weighted by molar-refractivity contribution is 9.10. The molecule has 4 heteroatoms. The Kier molecular flexibility index (Phi) is 3.41. The molecule has 1 heterocycles. The Morgan fingerprint density at radius 1 is 1.31 bits per heavy atom. The van der Waals surface area contributed by atoms with Crippen LogP contribution in [-0.2, 0) is 13.1 Å². The first-order chi connectivity index (χ1) is 7.70. The zero-order valence-electron chi connectivity index (χ0n) is 9.15. The topological polar surface area (TPSA) is 43.8 Å². The average molecular weight is 280 g/mol. The average Bonchev–Trinajstić information content (AvgIpc) is 2.63. The van der Waals surface area contributed by atoms with Gasteiger partial charge in [0.25, 0.3) is 0 Å². The first kappa shape index (κ1) is 11.4. The molecule has 0 unspecified atom stereocenters. The van der Waals surface area contributed by atoms with Crippen molar-refractivity contribution in [1.29, 1.82) is 0 Å². The van der Waals surface area contributed by atoms with Crippen molar-refractivity contribution >= 4 is 15.9 Å². The second kappa shape index (κ2) is 4.80. The van der Waals surface area contributed by atoms with E-state index in [4.69, 9.17) is 5.73 Å². The fourth-order valence-electron chi connectivity index (χ4n) is 1.61. The Balaban J connectivity index is 2.20. The van der Waals surface area contributed by atoms with Crippen LogP contribution in [0.4, 0.5) is 0 Å². The van der Waals surface area contributed by atoms with E-state index in [0.717, 1.165) is 22.3 Å². The predicted molar refractivity (Wildman–Crippen MR) is 68.1 cm³/mol. The van der Waals surface area contributed by atoms with Crippen LogP contribution in [0.15, 0.2) is 34.9 Å². The summed E-state index contributed by atoms with van der Waals surface area (Å²) in [6, 6.07) is 8.26. The van der Waals surface area contributed by atoms with Crippen LogP contribution in [0.1, 0.15) is 16.8 Å². The lowest BCUT2D eigenvalue weighted by atomic mass is 10.2. The third kappa shape index (κ3) is 2.33. The minimum Gasteiger partial charge on any atom is -0.326 e. The summed E-state index contributed by atoms with van der Waals surface area (Å²) >= 11 is 3.42. The zero-order valence-corrected chi connectivity index (χ0v) is 10.7.